The van der Waals surface area contributed by atoms with Crippen LogP contribution in [0, 0.1) is 40.9 Å². The average Bonchev–Trinajstić information content (AvgIpc) is 2.54. The Morgan fingerprint density at radius 1 is 1.36 bits per heavy atom. The molecule has 7 heteroatoms. The summed E-state index contributed by atoms with van der Waals surface area (Å²) in [6, 6.07) is 11.4. The summed E-state index contributed by atoms with van der Waals surface area (Å²) in [5.41, 5.74) is 1.08. The van der Waals surface area contributed by atoms with Crippen molar-refractivity contribution in [3.05, 3.63) is 40.4 Å². The van der Waals surface area contributed by atoms with Crippen LogP contribution in [0.5, 0.6) is 0 Å². The molecule has 2 rings (SSSR count). The summed E-state index contributed by atoms with van der Waals surface area (Å²) in [6.45, 7) is 5.27. The number of nitriles is 2. The fourth-order valence-electron chi connectivity index (χ4n) is 2.57. The van der Waals surface area contributed by atoms with Crippen LogP contribution in [0.25, 0.3) is 0 Å². The van der Waals surface area contributed by atoms with Crippen LogP contribution in [0.1, 0.15) is 19.4 Å². The minimum atomic E-state index is -0.938. The predicted molar refractivity (Wildman–Crippen MR) is 95.9 cm³/mol. The highest BCUT2D eigenvalue weighted by Gasteiger charge is 2.44. The third-order valence-corrected chi connectivity index (χ3v) is 5.10. The van der Waals surface area contributed by atoms with E-state index in [-0.39, 0.29) is 11.7 Å². The highest BCUT2D eigenvalue weighted by atomic mass is 32.2. The molecule has 0 radical (unpaired) electrons. The smallest absolute Gasteiger partial charge is 0.243 e. The molecule has 6 nitrogen and oxygen atoms in total. The highest BCUT2D eigenvalue weighted by Crippen LogP contribution is 2.41. The number of thioether (sulfide) groups is 1. The van der Waals surface area contributed by atoms with E-state index in [0.717, 1.165) is 23.0 Å². The molecule has 25 heavy (non-hydrogen) atoms. The maximum atomic E-state index is 12.2. The lowest BCUT2D eigenvalue weighted by Gasteiger charge is -2.34. The molecule has 0 aliphatic carbocycles. The van der Waals surface area contributed by atoms with Gasteiger partial charge in [0.1, 0.15) is 5.92 Å². The van der Waals surface area contributed by atoms with Crippen molar-refractivity contribution in [1.29, 1.82) is 10.5 Å². The number of aryl methyl sites for hydroxylation is 1. The standard InChI is InChI=1S/C18H18N4O2S/c1-11-6-4-5-7-14(11)21-15(23)10-25-17-13(9-20)18(2,3)12(8-19)16(24)22-17/h4-7,12H,10H2,1-3H3,(H,21,23)(H,22,24)/t12-/m1/s1. The van der Waals surface area contributed by atoms with Gasteiger partial charge in [0.25, 0.3) is 0 Å². The van der Waals surface area contributed by atoms with Crippen LogP contribution in [0.3, 0.4) is 0 Å². The molecule has 2 N–H and O–H groups in total. The molecule has 0 saturated carbocycles. The minimum Gasteiger partial charge on any atom is -0.325 e. The summed E-state index contributed by atoms with van der Waals surface area (Å²) in [4.78, 5) is 24.3. The fourth-order valence-corrected chi connectivity index (χ4v) is 3.54. The number of nitrogens with zero attached hydrogens (tertiary/aromatic N) is 2. The number of nitrogens with one attached hydrogen (secondary N) is 2. The summed E-state index contributed by atoms with van der Waals surface area (Å²) in [5.74, 6) is -1.58. The van der Waals surface area contributed by atoms with Crippen LogP contribution in [-0.4, -0.2) is 17.6 Å². The molecule has 0 unspecified atom stereocenters. The molecule has 1 atom stereocenters. The van der Waals surface area contributed by atoms with Crippen LogP contribution < -0.4 is 10.6 Å². The van der Waals surface area contributed by atoms with Crippen LogP contribution in [-0.2, 0) is 9.59 Å². The second kappa shape index (κ2) is 7.42. The Bertz CT molecular complexity index is 830. The van der Waals surface area contributed by atoms with Crippen LogP contribution in [0.4, 0.5) is 5.69 Å². The van der Waals surface area contributed by atoms with Crippen molar-refractivity contribution in [2.45, 2.75) is 20.8 Å². The first-order valence-corrected chi connectivity index (χ1v) is 8.63. The molecular weight excluding hydrogens is 336 g/mol. The maximum Gasteiger partial charge on any atom is 0.243 e. The highest BCUT2D eigenvalue weighted by molar-refractivity contribution is 8.03. The van der Waals surface area contributed by atoms with E-state index >= 15 is 0 Å². The molecule has 0 saturated heterocycles. The number of rotatable bonds is 4. The number of amides is 2. The number of carbonyl (C=O) groups is 2. The van der Waals surface area contributed by atoms with Gasteiger partial charge >= 0.3 is 0 Å². The van der Waals surface area contributed by atoms with Crippen molar-refractivity contribution in [2.24, 2.45) is 11.3 Å². The topological polar surface area (TPSA) is 106 Å². The van der Waals surface area contributed by atoms with Gasteiger partial charge in [0.05, 0.1) is 28.5 Å². The monoisotopic (exact) mass is 354 g/mol. The zero-order valence-corrected chi connectivity index (χ0v) is 15.0. The van der Waals surface area contributed by atoms with Crippen molar-refractivity contribution >= 4 is 29.3 Å². The second-order valence-electron chi connectivity index (χ2n) is 6.24. The molecule has 0 aromatic heterocycles. The van der Waals surface area contributed by atoms with Crippen molar-refractivity contribution < 1.29 is 9.59 Å². The molecule has 0 bridgehead atoms. The van der Waals surface area contributed by atoms with Gasteiger partial charge in [-0.15, -0.1) is 0 Å². The Morgan fingerprint density at radius 2 is 2.04 bits per heavy atom. The lowest BCUT2D eigenvalue weighted by molar-refractivity contribution is -0.125. The van der Waals surface area contributed by atoms with Gasteiger partial charge in [-0.2, -0.15) is 10.5 Å². The third kappa shape index (κ3) is 3.84. The normalized spacial score (nSPS) is 18.8. The molecule has 2 amide bonds. The van der Waals surface area contributed by atoms with Gasteiger partial charge in [0.2, 0.25) is 11.8 Å². The number of hydrogen-bond donors (Lipinski definition) is 2. The van der Waals surface area contributed by atoms with E-state index in [4.69, 9.17) is 0 Å². The lowest BCUT2D eigenvalue weighted by Crippen LogP contribution is -2.44. The molecule has 0 spiro atoms. The molecule has 1 aromatic carbocycles. The van der Waals surface area contributed by atoms with E-state index in [9.17, 15) is 20.1 Å². The number of allylic oxidation sites excluding steroid dienone is 1. The Morgan fingerprint density at radius 3 is 2.64 bits per heavy atom. The van der Waals surface area contributed by atoms with Gasteiger partial charge in [0, 0.05) is 11.1 Å². The number of carbonyl (C=O) groups excluding carboxylic acids is 2. The molecular formula is C18H18N4O2S. The molecule has 1 aliphatic heterocycles. The van der Waals surface area contributed by atoms with Gasteiger partial charge in [-0.05, 0) is 18.6 Å². The van der Waals surface area contributed by atoms with Crippen molar-refractivity contribution in [2.75, 3.05) is 11.1 Å². The minimum absolute atomic E-state index is 0.0441. The van der Waals surface area contributed by atoms with Gasteiger partial charge in [0.15, 0.2) is 0 Å². The summed E-state index contributed by atoms with van der Waals surface area (Å²) in [7, 11) is 0. The zero-order chi connectivity index (χ0) is 18.6. The Balaban J connectivity index is 2.14. The number of para-hydroxylation sites is 1. The quantitative estimate of drug-likeness (QED) is 0.865. The van der Waals surface area contributed by atoms with Crippen molar-refractivity contribution in [3.63, 3.8) is 0 Å². The Kier molecular flexibility index (Phi) is 5.51. The van der Waals surface area contributed by atoms with E-state index in [2.05, 4.69) is 16.7 Å². The van der Waals surface area contributed by atoms with E-state index < -0.39 is 17.2 Å². The predicted octanol–water partition coefficient (Wildman–Crippen LogP) is 2.70. The molecule has 1 aromatic rings. The average molecular weight is 354 g/mol. The first kappa shape index (κ1) is 18.6. The lowest BCUT2D eigenvalue weighted by atomic mass is 9.72. The van der Waals surface area contributed by atoms with Crippen molar-refractivity contribution in [3.8, 4) is 12.1 Å². The summed E-state index contributed by atoms with van der Waals surface area (Å²) in [5, 5.41) is 24.4. The Labute approximate surface area is 150 Å². The first-order chi connectivity index (χ1) is 11.8. The maximum absolute atomic E-state index is 12.2. The summed E-state index contributed by atoms with van der Waals surface area (Å²) in [6.07, 6.45) is 0. The zero-order valence-electron chi connectivity index (χ0n) is 14.2. The van der Waals surface area contributed by atoms with Gasteiger partial charge in [-0.1, -0.05) is 43.8 Å². The summed E-state index contributed by atoms with van der Waals surface area (Å²) >= 11 is 1.09. The summed E-state index contributed by atoms with van der Waals surface area (Å²) < 4.78 is 0. The third-order valence-electron chi connectivity index (χ3n) is 4.10. The fraction of sp³-hybridized carbons (Fsp3) is 0.333. The van der Waals surface area contributed by atoms with E-state index in [0.29, 0.717) is 10.6 Å². The van der Waals surface area contributed by atoms with Gasteiger partial charge in [-0.25, -0.2) is 0 Å². The van der Waals surface area contributed by atoms with Crippen molar-refractivity contribution in [1.82, 2.24) is 5.32 Å². The van der Waals surface area contributed by atoms with Crippen LogP contribution in [0.15, 0.2) is 34.9 Å². The number of anilines is 1. The first-order valence-electron chi connectivity index (χ1n) is 7.65. The van der Waals surface area contributed by atoms with Gasteiger partial charge < -0.3 is 10.6 Å². The molecule has 128 valence electrons. The SMILES string of the molecule is Cc1ccccc1NC(=O)CSC1=C(C#N)C(C)(C)[C@H](C#N)C(=O)N1. The van der Waals surface area contributed by atoms with E-state index in [1.165, 1.54) is 0 Å². The Hall–Kier alpha value is -2.77. The van der Waals surface area contributed by atoms with Crippen LogP contribution >= 0.6 is 11.8 Å². The molecule has 0 fully saturated rings. The van der Waals surface area contributed by atoms with Crippen LogP contribution in [0.2, 0.25) is 0 Å². The number of hydrogen-bond acceptors (Lipinski definition) is 5. The second-order valence-corrected chi connectivity index (χ2v) is 7.23. The number of benzene rings is 1. The molecule has 1 aliphatic rings. The molecule has 1 heterocycles. The van der Waals surface area contributed by atoms with E-state index in [1.807, 2.05) is 31.2 Å². The van der Waals surface area contributed by atoms with Gasteiger partial charge in [-0.3, -0.25) is 9.59 Å². The largest absolute Gasteiger partial charge is 0.325 e. The van der Waals surface area contributed by atoms with E-state index in [1.54, 1.807) is 19.9 Å².